The van der Waals surface area contributed by atoms with Gasteiger partial charge in [-0.15, -0.1) is 0 Å². The molecule has 0 bridgehead atoms. The zero-order valence-corrected chi connectivity index (χ0v) is 13.1. The van der Waals surface area contributed by atoms with E-state index in [4.69, 9.17) is 9.47 Å². The lowest BCUT2D eigenvalue weighted by atomic mass is 10.1. The first-order chi connectivity index (χ1) is 11.1. The van der Waals surface area contributed by atoms with Gasteiger partial charge in [0.25, 0.3) is 0 Å². The molecule has 118 valence electrons. The van der Waals surface area contributed by atoms with E-state index in [1.54, 1.807) is 37.5 Å². The van der Waals surface area contributed by atoms with Crippen molar-refractivity contribution in [3.8, 4) is 5.75 Å². The minimum Gasteiger partial charge on any atom is -0.497 e. The van der Waals surface area contributed by atoms with Gasteiger partial charge in [0.05, 0.1) is 7.11 Å². The lowest BCUT2D eigenvalue weighted by Crippen LogP contribution is -2.12. The quantitative estimate of drug-likeness (QED) is 0.466. The second kappa shape index (κ2) is 7.94. The fraction of sp³-hybridized carbons (Fsp3) is 0.158. The van der Waals surface area contributed by atoms with Gasteiger partial charge >= 0.3 is 5.97 Å². The Morgan fingerprint density at radius 1 is 1.04 bits per heavy atom. The van der Waals surface area contributed by atoms with Crippen molar-refractivity contribution in [1.29, 1.82) is 0 Å². The Morgan fingerprint density at radius 3 is 2.39 bits per heavy atom. The standard InChI is InChI=1S/C19H18O4/c1-14-5-3-4-6-15(14)9-12-19(21)23-13-18(20)16-7-10-17(22-2)11-8-16/h3-12H,13H2,1-2H3/b12-9+. The van der Waals surface area contributed by atoms with Crippen LogP contribution in [-0.2, 0) is 9.53 Å². The second-order valence-corrected chi connectivity index (χ2v) is 4.95. The molecule has 0 aromatic heterocycles. The molecule has 23 heavy (non-hydrogen) atoms. The lowest BCUT2D eigenvalue weighted by molar-refractivity contribution is -0.136. The Hall–Kier alpha value is -2.88. The van der Waals surface area contributed by atoms with Crippen LogP contribution in [0.3, 0.4) is 0 Å². The van der Waals surface area contributed by atoms with E-state index >= 15 is 0 Å². The first-order valence-corrected chi connectivity index (χ1v) is 7.18. The molecule has 0 heterocycles. The first-order valence-electron chi connectivity index (χ1n) is 7.18. The van der Waals surface area contributed by atoms with Crippen molar-refractivity contribution < 1.29 is 19.1 Å². The fourth-order valence-corrected chi connectivity index (χ4v) is 1.98. The molecular formula is C19H18O4. The van der Waals surface area contributed by atoms with Gasteiger partial charge in [-0.05, 0) is 48.4 Å². The van der Waals surface area contributed by atoms with Gasteiger partial charge in [-0.3, -0.25) is 4.79 Å². The second-order valence-electron chi connectivity index (χ2n) is 4.95. The highest BCUT2D eigenvalue weighted by Crippen LogP contribution is 2.12. The molecule has 0 radical (unpaired) electrons. The van der Waals surface area contributed by atoms with E-state index in [-0.39, 0.29) is 12.4 Å². The third-order valence-electron chi connectivity index (χ3n) is 3.34. The minimum atomic E-state index is -0.546. The Labute approximate surface area is 135 Å². The summed E-state index contributed by atoms with van der Waals surface area (Å²) in [5.74, 6) is -0.139. The Kier molecular flexibility index (Phi) is 5.69. The molecular weight excluding hydrogens is 292 g/mol. The average Bonchev–Trinajstić information content (AvgIpc) is 2.59. The van der Waals surface area contributed by atoms with Crippen molar-refractivity contribution >= 4 is 17.8 Å². The number of hydrogen-bond donors (Lipinski definition) is 0. The van der Waals surface area contributed by atoms with E-state index in [9.17, 15) is 9.59 Å². The van der Waals surface area contributed by atoms with Crippen LogP contribution < -0.4 is 4.74 Å². The van der Waals surface area contributed by atoms with Crippen molar-refractivity contribution in [3.63, 3.8) is 0 Å². The van der Waals surface area contributed by atoms with Gasteiger partial charge in [-0.25, -0.2) is 4.79 Å². The van der Waals surface area contributed by atoms with Gasteiger partial charge in [0, 0.05) is 11.6 Å². The van der Waals surface area contributed by atoms with E-state index in [0.29, 0.717) is 11.3 Å². The van der Waals surface area contributed by atoms with Crippen molar-refractivity contribution in [1.82, 2.24) is 0 Å². The van der Waals surface area contributed by atoms with E-state index in [1.165, 1.54) is 6.08 Å². The van der Waals surface area contributed by atoms with Crippen LogP contribution in [0.15, 0.2) is 54.6 Å². The van der Waals surface area contributed by atoms with E-state index in [1.807, 2.05) is 31.2 Å². The summed E-state index contributed by atoms with van der Waals surface area (Å²) < 4.78 is 9.99. The smallest absolute Gasteiger partial charge is 0.331 e. The number of benzene rings is 2. The highest BCUT2D eigenvalue weighted by molar-refractivity contribution is 5.99. The monoisotopic (exact) mass is 310 g/mol. The molecule has 0 saturated heterocycles. The zero-order chi connectivity index (χ0) is 16.7. The molecule has 0 saturated carbocycles. The van der Waals surface area contributed by atoms with E-state index < -0.39 is 5.97 Å². The highest BCUT2D eigenvalue weighted by Gasteiger charge is 2.08. The maximum absolute atomic E-state index is 11.9. The average molecular weight is 310 g/mol. The molecule has 2 aromatic carbocycles. The van der Waals surface area contributed by atoms with Gasteiger partial charge in [-0.2, -0.15) is 0 Å². The van der Waals surface area contributed by atoms with Crippen molar-refractivity contribution in [2.45, 2.75) is 6.92 Å². The number of rotatable bonds is 6. The van der Waals surface area contributed by atoms with Crippen LogP contribution in [0.2, 0.25) is 0 Å². The summed E-state index contributed by atoms with van der Waals surface area (Å²) in [5, 5.41) is 0. The van der Waals surface area contributed by atoms with Crippen LogP contribution in [0, 0.1) is 6.92 Å². The molecule has 0 spiro atoms. The van der Waals surface area contributed by atoms with Gasteiger partial charge < -0.3 is 9.47 Å². The summed E-state index contributed by atoms with van der Waals surface area (Å²) in [5.41, 5.74) is 2.47. The summed E-state index contributed by atoms with van der Waals surface area (Å²) in [6.45, 7) is 1.67. The number of Topliss-reactive ketones (excluding diaryl/α,β-unsaturated/α-hetero) is 1. The summed E-state index contributed by atoms with van der Waals surface area (Å²) in [7, 11) is 1.55. The number of methoxy groups -OCH3 is 1. The maximum atomic E-state index is 11.9. The fourth-order valence-electron chi connectivity index (χ4n) is 1.98. The number of esters is 1. The van der Waals surface area contributed by atoms with Crippen LogP contribution in [0.4, 0.5) is 0 Å². The molecule has 4 heteroatoms. The first kappa shape index (κ1) is 16.5. The van der Waals surface area contributed by atoms with Crippen LogP contribution in [0.1, 0.15) is 21.5 Å². The van der Waals surface area contributed by atoms with Crippen LogP contribution in [0.25, 0.3) is 6.08 Å². The Morgan fingerprint density at radius 2 is 1.74 bits per heavy atom. The third kappa shape index (κ3) is 4.81. The largest absolute Gasteiger partial charge is 0.497 e. The molecule has 2 rings (SSSR count). The number of carbonyl (C=O) groups is 2. The molecule has 0 atom stereocenters. The Bertz CT molecular complexity index is 714. The van der Waals surface area contributed by atoms with E-state index in [2.05, 4.69) is 0 Å². The molecule has 0 N–H and O–H groups in total. The van der Waals surface area contributed by atoms with Crippen molar-refractivity contribution in [2.75, 3.05) is 13.7 Å². The summed E-state index contributed by atoms with van der Waals surface area (Å²) in [6, 6.07) is 14.3. The summed E-state index contributed by atoms with van der Waals surface area (Å²) >= 11 is 0. The van der Waals surface area contributed by atoms with Crippen LogP contribution in [0.5, 0.6) is 5.75 Å². The summed E-state index contributed by atoms with van der Waals surface area (Å²) in [4.78, 5) is 23.6. The van der Waals surface area contributed by atoms with Crippen molar-refractivity contribution in [3.05, 3.63) is 71.3 Å². The van der Waals surface area contributed by atoms with E-state index in [0.717, 1.165) is 11.1 Å². The molecule has 0 fully saturated rings. The number of carbonyl (C=O) groups excluding carboxylic acids is 2. The SMILES string of the molecule is COc1ccc(C(=O)COC(=O)/C=C/c2ccccc2C)cc1. The predicted molar refractivity (Wildman–Crippen MR) is 88.5 cm³/mol. The Balaban J connectivity index is 1.88. The van der Waals surface area contributed by atoms with Crippen molar-refractivity contribution in [2.24, 2.45) is 0 Å². The lowest BCUT2D eigenvalue weighted by Gasteiger charge is -2.04. The molecule has 0 amide bonds. The number of ether oxygens (including phenoxy) is 2. The number of hydrogen-bond acceptors (Lipinski definition) is 4. The third-order valence-corrected chi connectivity index (χ3v) is 3.34. The molecule has 0 aliphatic rings. The molecule has 0 unspecified atom stereocenters. The number of aryl methyl sites for hydroxylation is 1. The molecule has 0 aliphatic carbocycles. The van der Waals surface area contributed by atoms with Gasteiger partial charge in [0.15, 0.2) is 12.4 Å². The van der Waals surface area contributed by atoms with Crippen LogP contribution >= 0.6 is 0 Å². The molecule has 0 aliphatic heterocycles. The summed E-state index contributed by atoms with van der Waals surface area (Å²) in [6.07, 6.45) is 3.00. The number of ketones is 1. The topological polar surface area (TPSA) is 52.6 Å². The van der Waals surface area contributed by atoms with Gasteiger partial charge in [-0.1, -0.05) is 24.3 Å². The van der Waals surface area contributed by atoms with Gasteiger partial charge in [0.2, 0.25) is 0 Å². The molecule has 4 nitrogen and oxygen atoms in total. The van der Waals surface area contributed by atoms with Gasteiger partial charge in [0.1, 0.15) is 5.75 Å². The molecule has 2 aromatic rings. The highest BCUT2D eigenvalue weighted by atomic mass is 16.5. The normalized spacial score (nSPS) is 10.5. The minimum absolute atomic E-state index is 0.259. The van der Waals surface area contributed by atoms with Crippen LogP contribution in [-0.4, -0.2) is 25.5 Å². The zero-order valence-electron chi connectivity index (χ0n) is 13.1. The maximum Gasteiger partial charge on any atom is 0.331 e. The predicted octanol–water partition coefficient (Wildman–Crippen LogP) is 3.44.